The van der Waals surface area contributed by atoms with Crippen LogP contribution < -0.4 is 14.2 Å². The van der Waals surface area contributed by atoms with Crippen LogP contribution in [0.5, 0.6) is 17.2 Å². The molecule has 2 heterocycles. The van der Waals surface area contributed by atoms with E-state index in [1.807, 2.05) is 47.5 Å². The normalized spacial score (nSPS) is 19.2. The van der Waals surface area contributed by atoms with E-state index >= 15 is 0 Å². The minimum Gasteiger partial charge on any atom is -0.497 e. The van der Waals surface area contributed by atoms with Gasteiger partial charge in [0, 0.05) is 17.5 Å². The zero-order valence-corrected chi connectivity index (χ0v) is 17.0. The fourth-order valence-corrected chi connectivity index (χ4v) is 4.04. The first-order valence-corrected chi connectivity index (χ1v) is 9.87. The van der Waals surface area contributed by atoms with E-state index in [-0.39, 0.29) is 6.04 Å². The molecule has 7 heteroatoms. The molecule has 0 fully saturated rings. The summed E-state index contributed by atoms with van der Waals surface area (Å²) in [5.74, 6) is 0.328. The summed E-state index contributed by atoms with van der Waals surface area (Å²) in [6.07, 6.45) is -0.0486. The second-order valence-corrected chi connectivity index (χ2v) is 7.42. The molecule has 2 aliphatic rings. The van der Waals surface area contributed by atoms with Gasteiger partial charge >= 0.3 is 0 Å². The number of ether oxygens (including phenoxy) is 3. The Balaban J connectivity index is 1.58. The number of halogens is 2. The van der Waals surface area contributed by atoms with Crippen LogP contribution in [0.3, 0.4) is 0 Å². The summed E-state index contributed by atoms with van der Waals surface area (Å²) in [6.45, 7) is 0. The lowest BCUT2D eigenvalue weighted by molar-refractivity contribution is -0.0193. The molecule has 0 N–H and O–H groups in total. The number of hydrogen-bond donors (Lipinski definition) is 0. The first kappa shape index (κ1) is 19.4. The SMILES string of the molecule is COc1ccc(C2=NN3[C@@H](C2)c2cc(OC)ccc2O[C@H]3c2ccc(F)c(F)c2)cc1. The van der Waals surface area contributed by atoms with Crippen LogP contribution in [0.4, 0.5) is 8.78 Å². The van der Waals surface area contributed by atoms with Crippen molar-refractivity contribution >= 4 is 5.71 Å². The van der Waals surface area contributed by atoms with E-state index in [0.29, 0.717) is 23.5 Å². The molecule has 31 heavy (non-hydrogen) atoms. The predicted molar refractivity (Wildman–Crippen MR) is 111 cm³/mol. The summed E-state index contributed by atoms with van der Waals surface area (Å²) in [7, 11) is 3.23. The van der Waals surface area contributed by atoms with Gasteiger partial charge in [-0.05, 0) is 60.2 Å². The van der Waals surface area contributed by atoms with E-state index in [1.165, 1.54) is 6.07 Å². The van der Waals surface area contributed by atoms with Gasteiger partial charge in [0.25, 0.3) is 0 Å². The van der Waals surface area contributed by atoms with Gasteiger partial charge < -0.3 is 14.2 Å². The fourth-order valence-electron chi connectivity index (χ4n) is 4.04. The molecule has 0 bridgehead atoms. The maximum absolute atomic E-state index is 14.0. The molecule has 3 aromatic rings. The molecule has 0 spiro atoms. The van der Waals surface area contributed by atoms with Gasteiger partial charge in [0.1, 0.15) is 17.2 Å². The number of methoxy groups -OCH3 is 2. The van der Waals surface area contributed by atoms with E-state index in [9.17, 15) is 8.78 Å². The van der Waals surface area contributed by atoms with Crippen molar-refractivity contribution in [2.24, 2.45) is 5.10 Å². The largest absolute Gasteiger partial charge is 0.497 e. The van der Waals surface area contributed by atoms with Gasteiger partial charge in [-0.15, -0.1) is 0 Å². The van der Waals surface area contributed by atoms with E-state index < -0.39 is 17.9 Å². The van der Waals surface area contributed by atoms with Gasteiger partial charge in [0.2, 0.25) is 6.23 Å². The number of fused-ring (bicyclic) bond motifs is 3. The van der Waals surface area contributed by atoms with E-state index in [1.54, 1.807) is 14.2 Å². The Morgan fingerprint density at radius 2 is 1.65 bits per heavy atom. The number of nitrogens with zero attached hydrogens (tertiary/aromatic N) is 2. The monoisotopic (exact) mass is 422 g/mol. The molecule has 0 radical (unpaired) electrons. The molecule has 2 atom stereocenters. The van der Waals surface area contributed by atoms with Crippen LogP contribution in [0.25, 0.3) is 0 Å². The second kappa shape index (κ2) is 7.58. The summed E-state index contributed by atoms with van der Waals surface area (Å²) in [6, 6.07) is 16.9. The first-order chi connectivity index (χ1) is 15.1. The minimum absolute atomic E-state index is 0.130. The van der Waals surface area contributed by atoms with Gasteiger partial charge in [0.05, 0.1) is 26.0 Å². The standard InChI is InChI=1S/C24H20F2N2O3/c1-29-16-6-3-14(4-7-16)21-13-22-18-12-17(30-2)8-10-23(18)31-24(28(22)27-21)15-5-9-19(25)20(26)11-15/h3-12,22,24H,13H2,1-2H3/t22-,24-/m0/s1. The van der Waals surface area contributed by atoms with Crippen LogP contribution in [0, 0.1) is 11.6 Å². The lowest BCUT2D eigenvalue weighted by Gasteiger charge is -2.38. The Morgan fingerprint density at radius 1 is 0.903 bits per heavy atom. The van der Waals surface area contributed by atoms with Crippen LogP contribution in [0.1, 0.15) is 35.4 Å². The molecular formula is C24H20F2N2O3. The summed E-state index contributed by atoms with van der Waals surface area (Å²) >= 11 is 0. The number of rotatable bonds is 4. The van der Waals surface area contributed by atoms with Crippen molar-refractivity contribution in [1.29, 1.82) is 0 Å². The molecule has 3 aromatic carbocycles. The Labute approximate surface area is 178 Å². The Bertz CT molecular complexity index is 1160. The van der Waals surface area contributed by atoms with Gasteiger partial charge in [-0.25, -0.2) is 13.8 Å². The number of hydrazone groups is 1. The summed E-state index contributed by atoms with van der Waals surface area (Å²) < 4.78 is 44.3. The van der Waals surface area contributed by atoms with Crippen LogP contribution in [-0.2, 0) is 0 Å². The first-order valence-electron chi connectivity index (χ1n) is 9.87. The van der Waals surface area contributed by atoms with E-state index in [2.05, 4.69) is 0 Å². The van der Waals surface area contributed by atoms with Crippen LogP contribution in [-0.4, -0.2) is 24.9 Å². The summed E-state index contributed by atoms with van der Waals surface area (Å²) in [5.41, 5.74) is 3.26. The Morgan fingerprint density at radius 3 is 2.35 bits per heavy atom. The molecule has 2 aliphatic heterocycles. The number of hydrogen-bond acceptors (Lipinski definition) is 5. The number of benzene rings is 3. The smallest absolute Gasteiger partial charge is 0.213 e. The average Bonchev–Trinajstić information content (AvgIpc) is 3.26. The van der Waals surface area contributed by atoms with Gasteiger partial charge in [-0.3, -0.25) is 0 Å². The fraction of sp³-hybridized carbons (Fsp3) is 0.208. The van der Waals surface area contributed by atoms with Crippen molar-refractivity contribution in [2.45, 2.75) is 18.7 Å². The minimum atomic E-state index is -0.920. The highest BCUT2D eigenvalue weighted by Gasteiger charge is 2.41. The summed E-state index contributed by atoms with van der Waals surface area (Å²) in [4.78, 5) is 0. The molecule has 0 unspecified atom stereocenters. The highest BCUT2D eigenvalue weighted by molar-refractivity contribution is 6.02. The lowest BCUT2D eigenvalue weighted by atomic mass is 9.95. The van der Waals surface area contributed by atoms with E-state index in [0.717, 1.165) is 34.7 Å². The maximum atomic E-state index is 14.0. The van der Waals surface area contributed by atoms with Gasteiger partial charge in [-0.2, -0.15) is 5.10 Å². The zero-order chi connectivity index (χ0) is 21.5. The zero-order valence-electron chi connectivity index (χ0n) is 17.0. The molecule has 0 saturated carbocycles. The third-order valence-electron chi connectivity index (χ3n) is 5.65. The van der Waals surface area contributed by atoms with Crippen molar-refractivity contribution in [2.75, 3.05) is 14.2 Å². The molecule has 5 nitrogen and oxygen atoms in total. The molecule has 158 valence electrons. The molecule has 0 saturated heterocycles. The van der Waals surface area contributed by atoms with E-state index in [4.69, 9.17) is 19.3 Å². The van der Waals surface area contributed by atoms with Crippen molar-refractivity contribution in [1.82, 2.24) is 5.01 Å². The van der Waals surface area contributed by atoms with Gasteiger partial charge in [-0.1, -0.05) is 6.07 Å². The third kappa shape index (κ3) is 3.36. The highest BCUT2D eigenvalue weighted by Crippen LogP contribution is 2.48. The molecule has 0 amide bonds. The lowest BCUT2D eigenvalue weighted by Crippen LogP contribution is -2.33. The third-order valence-corrected chi connectivity index (χ3v) is 5.65. The second-order valence-electron chi connectivity index (χ2n) is 7.42. The van der Waals surface area contributed by atoms with Crippen LogP contribution in [0.2, 0.25) is 0 Å². The van der Waals surface area contributed by atoms with Crippen LogP contribution in [0.15, 0.2) is 65.8 Å². The molecule has 0 aliphatic carbocycles. The predicted octanol–water partition coefficient (Wildman–Crippen LogP) is 5.22. The van der Waals surface area contributed by atoms with Crippen molar-refractivity contribution < 1.29 is 23.0 Å². The Kier molecular flexibility index (Phi) is 4.73. The molecule has 5 rings (SSSR count). The van der Waals surface area contributed by atoms with Gasteiger partial charge in [0.15, 0.2) is 11.6 Å². The van der Waals surface area contributed by atoms with Crippen molar-refractivity contribution in [3.8, 4) is 17.2 Å². The average molecular weight is 422 g/mol. The molecular weight excluding hydrogens is 402 g/mol. The quantitative estimate of drug-likeness (QED) is 0.578. The van der Waals surface area contributed by atoms with Crippen molar-refractivity contribution in [3.63, 3.8) is 0 Å². The summed E-state index contributed by atoms with van der Waals surface area (Å²) in [5, 5.41) is 6.64. The Hall–Kier alpha value is -3.61. The maximum Gasteiger partial charge on any atom is 0.213 e. The van der Waals surface area contributed by atoms with Crippen molar-refractivity contribution in [3.05, 3.63) is 89.0 Å². The topological polar surface area (TPSA) is 43.3 Å². The van der Waals surface area contributed by atoms with Crippen LogP contribution >= 0.6 is 0 Å². The molecule has 0 aromatic heterocycles. The highest BCUT2D eigenvalue weighted by atomic mass is 19.2.